The van der Waals surface area contributed by atoms with Gasteiger partial charge in [-0.3, -0.25) is 0 Å². The van der Waals surface area contributed by atoms with Gasteiger partial charge >= 0.3 is 0 Å². The van der Waals surface area contributed by atoms with E-state index in [-0.39, 0.29) is 5.54 Å². The second-order valence-corrected chi connectivity index (χ2v) is 5.53. The van der Waals surface area contributed by atoms with Gasteiger partial charge in [0.25, 0.3) is 0 Å². The Kier molecular flexibility index (Phi) is 4.42. The van der Waals surface area contributed by atoms with Crippen molar-refractivity contribution >= 4 is 0 Å². The number of hydrogen-bond donors (Lipinski definition) is 2. The third-order valence-electron chi connectivity index (χ3n) is 4.26. The van der Waals surface area contributed by atoms with Gasteiger partial charge < -0.3 is 10.4 Å². The Hall–Kier alpha value is -0.340. The average Bonchev–Trinajstić information content (AvgIpc) is 2.39. The van der Waals surface area contributed by atoms with Crippen molar-refractivity contribution in [3.8, 4) is 0 Å². The SMILES string of the molecule is OCC1(NCC2CC=CCC2)CCCCC1. The molecule has 0 radical (unpaired) electrons. The van der Waals surface area contributed by atoms with Crippen molar-refractivity contribution in [2.24, 2.45) is 5.92 Å². The maximum absolute atomic E-state index is 9.59. The Morgan fingerprint density at radius 1 is 1.19 bits per heavy atom. The molecule has 2 aliphatic rings. The Balaban J connectivity index is 1.79. The van der Waals surface area contributed by atoms with E-state index in [0.29, 0.717) is 6.61 Å². The fourth-order valence-electron chi connectivity index (χ4n) is 3.02. The average molecular weight is 223 g/mol. The monoisotopic (exact) mass is 223 g/mol. The number of nitrogens with one attached hydrogen (secondary N) is 1. The lowest BCUT2D eigenvalue weighted by Gasteiger charge is -2.38. The van der Waals surface area contributed by atoms with E-state index in [0.717, 1.165) is 25.3 Å². The maximum atomic E-state index is 9.59. The number of rotatable bonds is 4. The Morgan fingerprint density at radius 3 is 2.62 bits per heavy atom. The predicted molar refractivity (Wildman–Crippen MR) is 67.4 cm³/mol. The van der Waals surface area contributed by atoms with Crippen LogP contribution in [0, 0.1) is 5.92 Å². The molecule has 16 heavy (non-hydrogen) atoms. The fourth-order valence-corrected chi connectivity index (χ4v) is 3.02. The number of allylic oxidation sites excluding steroid dienone is 2. The van der Waals surface area contributed by atoms with Crippen LogP contribution in [0.15, 0.2) is 12.2 Å². The van der Waals surface area contributed by atoms with Crippen LogP contribution in [0.3, 0.4) is 0 Å². The minimum Gasteiger partial charge on any atom is -0.394 e. The smallest absolute Gasteiger partial charge is 0.0613 e. The molecular formula is C14H25NO. The number of aliphatic hydroxyl groups excluding tert-OH is 1. The molecule has 2 heteroatoms. The summed E-state index contributed by atoms with van der Waals surface area (Å²) in [7, 11) is 0. The summed E-state index contributed by atoms with van der Waals surface area (Å²) in [5.41, 5.74) is 0.0550. The highest BCUT2D eigenvalue weighted by molar-refractivity contribution is 4.94. The molecule has 2 nitrogen and oxygen atoms in total. The standard InChI is InChI=1S/C14H25NO/c16-12-14(9-5-2-6-10-14)15-11-13-7-3-1-4-8-13/h1,3,13,15-16H,2,4-12H2. The van der Waals surface area contributed by atoms with E-state index in [1.165, 1.54) is 38.5 Å². The molecule has 1 saturated carbocycles. The number of hydrogen-bond acceptors (Lipinski definition) is 2. The van der Waals surface area contributed by atoms with E-state index in [1.54, 1.807) is 0 Å². The second-order valence-electron chi connectivity index (χ2n) is 5.53. The molecule has 1 unspecified atom stereocenters. The van der Waals surface area contributed by atoms with Gasteiger partial charge in [0, 0.05) is 5.54 Å². The van der Waals surface area contributed by atoms with Gasteiger partial charge in [0.2, 0.25) is 0 Å². The second kappa shape index (κ2) is 5.83. The van der Waals surface area contributed by atoms with Gasteiger partial charge in [0.1, 0.15) is 0 Å². The summed E-state index contributed by atoms with van der Waals surface area (Å²) in [4.78, 5) is 0. The molecule has 0 saturated heterocycles. The third-order valence-corrected chi connectivity index (χ3v) is 4.26. The molecule has 0 spiro atoms. The van der Waals surface area contributed by atoms with Gasteiger partial charge in [-0.25, -0.2) is 0 Å². The van der Waals surface area contributed by atoms with Crippen molar-refractivity contribution in [2.45, 2.75) is 56.9 Å². The molecule has 92 valence electrons. The van der Waals surface area contributed by atoms with Crippen molar-refractivity contribution in [1.29, 1.82) is 0 Å². The summed E-state index contributed by atoms with van der Waals surface area (Å²) in [6.07, 6.45) is 14.6. The fraction of sp³-hybridized carbons (Fsp3) is 0.857. The molecule has 0 heterocycles. The van der Waals surface area contributed by atoms with Crippen LogP contribution in [-0.4, -0.2) is 23.8 Å². The van der Waals surface area contributed by atoms with Gasteiger partial charge in [-0.15, -0.1) is 0 Å². The maximum Gasteiger partial charge on any atom is 0.0613 e. The van der Waals surface area contributed by atoms with Crippen LogP contribution >= 0.6 is 0 Å². The summed E-state index contributed by atoms with van der Waals surface area (Å²) >= 11 is 0. The third kappa shape index (κ3) is 3.08. The molecule has 2 rings (SSSR count). The van der Waals surface area contributed by atoms with Gasteiger partial charge in [-0.2, -0.15) is 0 Å². The van der Waals surface area contributed by atoms with E-state index >= 15 is 0 Å². The van der Waals surface area contributed by atoms with Crippen LogP contribution in [0.2, 0.25) is 0 Å². The summed E-state index contributed by atoms with van der Waals surface area (Å²) in [6, 6.07) is 0. The van der Waals surface area contributed by atoms with Gasteiger partial charge in [-0.1, -0.05) is 31.4 Å². The van der Waals surface area contributed by atoms with Crippen molar-refractivity contribution in [2.75, 3.05) is 13.2 Å². The van der Waals surface area contributed by atoms with Gasteiger partial charge in [0.15, 0.2) is 0 Å². The molecule has 2 aliphatic carbocycles. The zero-order chi connectivity index (χ0) is 11.3. The molecule has 0 amide bonds. The van der Waals surface area contributed by atoms with Crippen molar-refractivity contribution in [3.63, 3.8) is 0 Å². The number of aliphatic hydroxyl groups is 1. The highest BCUT2D eigenvalue weighted by atomic mass is 16.3. The van der Waals surface area contributed by atoms with Crippen LogP contribution in [0.5, 0.6) is 0 Å². The molecule has 1 atom stereocenters. The quantitative estimate of drug-likeness (QED) is 0.718. The highest BCUT2D eigenvalue weighted by Gasteiger charge is 2.31. The molecule has 1 fully saturated rings. The molecule has 0 bridgehead atoms. The van der Waals surface area contributed by atoms with E-state index in [9.17, 15) is 5.11 Å². The van der Waals surface area contributed by atoms with Crippen LogP contribution in [0.4, 0.5) is 0 Å². The van der Waals surface area contributed by atoms with Crippen LogP contribution in [0.1, 0.15) is 51.4 Å². The van der Waals surface area contributed by atoms with E-state index in [2.05, 4.69) is 17.5 Å². The first-order chi connectivity index (χ1) is 7.85. The normalized spacial score (nSPS) is 29.2. The minimum absolute atomic E-state index is 0.0550. The molecule has 0 aromatic carbocycles. The first-order valence-electron chi connectivity index (χ1n) is 6.86. The molecule has 0 aliphatic heterocycles. The Labute approximate surface area is 99.1 Å². The zero-order valence-electron chi connectivity index (χ0n) is 10.3. The van der Waals surface area contributed by atoms with E-state index in [1.807, 2.05) is 0 Å². The first kappa shape index (κ1) is 12.1. The predicted octanol–water partition coefficient (Wildman–Crippen LogP) is 2.63. The molecule has 0 aromatic heterocycles. The van der Waals surface area contributed by atoms with Crippen molar-refractivity contribution < 1.29 is 5.11 Å². The highest BCUT2D eigenvalue weighted by Crippen LogP contribution is 2.28. The Morgan fingerprint density at radius 2 is 2.00 bits per heavy atom. The Bertz CT molecular complexity index is 231. The van der Waals surface area contributed by atoms with Crippen molar-refractivity contribution in [1.82, 2.24) is 5.32 Å². The molecule has 2 N–H and O–H groups in total. The molecular weight excluding hydrogens is 198 g/mol. The van der Waals surface area contributed by atoms with Crippen LogP contribution in [-0.2, 0) is 0 Å². The summed E-state index contributed by atoms with van der Waals surface area (Å²) < 4.78 is 0. The first-order valence-corrected chi connectivity index (χ1v) is 6.86. The summed E-state index contributed by atoms with van der Waals surface area (Å²) in [6.45, 7) is 1.40. The largest absolute Gasteiger partial charge is 0.394 e. The van der Waals surface area contributed by atoms with Crippen molar-refractivity contribution in [3.05, 3.63) is 12.2 Å². The van der Waals surface area contributed by atoms with E-state index < -0.39 is 0 Å². The van der Waals surface area contributed by atoms with E-state index in [4.69, 9.17) is 0 Å². The minimum atomic E-state index is 0.0550. The molecule has 0 aromatic rings. The topological polar surface area (TPSA) is 32.3 Å². The zero-order valence-corrected chi connectivity index (χ0v) is 10.3. The lowest BCUT2D eigenvalue weighted by molar-refractivity contribution is 0.115. The summed E-state index contributed by atoms with van der Waals surface area (Å²) in [5.74, 6) is 0.787. The van der Waals surface area contributed by atoms with Gasteiger partial charge in [-0.05, 0) is 44.6 Å². The lowest BCUT2D eigenvalue weighted by Crippen LogP contribution is -2.51. The van der Waals surface area contributed by atoms with Crippen LogP contribution in [0.25, 0.3) is 0 Å². The lowest BCUT2D eigenvalue weighted by atomic mass is 9.81. The van der Waals surface area contributed by atoms with Crippen LogP contribution < -0.4 is 5.32 Å². The summed E-state index contributed by atoms with van der Waals surface area (Å²) in [5, 5.41) is 13.3. The van der Waals surface area contributed by atoms with Gasteiger partial charge in [0.05, 0.1) is 6.61 Å².